The van der Waals surface area contributed by atoms with Gasteiger partial charge in [0.1, 0.15) is 11.6 Å². The Morgan fingerprint density at radius 3 is 2.08 bits per heavy atom. The van der Waals surface area contributed by atoms with Gasteiger partial charge in [-0.25, -0.2) is 4.79 Å². The summed E-state index contributed by atoms with van der Waals surface area (Å²) in [5.41, 5.74) is 0.339. The fourth-order valence-electron chi connectivity index (χ4n) is 2.13. The van der Waals surface area contributed by atoms with E-state index in [1.165, 1.54) is 0 Å². The van der Waals surface area contributed by atoms with Gasteiger partial charge in [0.05, 0.1) is 6.61 Å². The highest BCUT2D eigenvalue weighted by atomic mass is 19.4. The largest absolute Gasteiger partial charge is 0.471 e. The van der Waals surface area contributed by atoms with E-state index in [2.05, 4.69) is 0 Å². The maximum absolute atomic E-state index is 12.6. The highest BCUT2D eigenvalue weighted by Gasteiger charge is 2.43. The summed E-state index contributed by atoms with van der Waals surface area (Å²) in [4.78, 5) is 23.7. The molecule has 0 spiro atoms. The number of benzene rings is 1. The number of hydrogen-bond acceptors (Lipinski definition) is 4. The molecule has 0 aliphatic carbocycles. The van der Waals surface area contributed by atoms with Gasteiger partial charge in [0.25, 0.3) is 0 Å². The SMILES string of the molecule is Cc1ccc([C@@H](CO)[C@H](NC(=O)C(F)(F)F)C(=O)OC(C)(C)C)cc1. The van der Waals surface area contributed by atoms with E-state index < -0.39 is 42.2 Å². The Labute approximate surface area is 144 Å². The van der Waals surface area contributed by atoms with E-state index in [9.17, 15) is 27.9 Å². The lowest BCUT2D eigenvalue weighted by molar-refractivity contribution is -0.177. The third-order valence-corrected chi connectivity index (χ3v) is 3.31. The third kappa shape index (κ3) is 6.38. The van der Waals surface area contributed by atoms with Crippen molar-refractivity contribution in [2.45, 2.75) is 51.4 Å². The number of nitrogens with one attached hydrogen (secondary N) is 1. The van der Waals surface area contributed by atoms with Gasteiger partial charge in [0.15, 0.2) is 0 Å². The van der Waals surface area contributed by atoms with Gasteiger partial charge in [-0.3, -0.25) is 4.79 Å². The van der Waals surface area contributed by atoms with E-state index in [1.54, 1.807) is 50.4 Å². The number of esters is 1. The van der Waals surface area contributed by atoms with Crippen LogP contribution in [0.1, 0.15) is 37.8 Å². The number of aryl methyl sites for hydroxylation is 1. The normalized spacial score (nSPS) is 14.6. The van der Waals surface area contributed by atoms with Crippen molar-refractivity contribution in [2.75, 3.05) is 6.61 Å². The Morgan fingerprint density at radius 1 is 1.16 bits per heavy atom. The highest BCUT2D eigenvalue weighted by Crippen LogP contribution is 2.24. The van der Waals surface area contributed by atoms with Gasteiger partial charge >= 0.3 is 18.1 Å². The molecule has 0 saturated carbocycles. The molecule has 5 nitrogen and oxygen atoms in total. The molecule has 1 amide bonds. The van der Waals surface area contributed by atoms with Crippen LogP contribution in [-0.2, 0) is 14.3 Å². The summed E-state index contributed by atoms with van der Waals surface area (Å²) in [6.45, 7) is 5.81. The molecule has 0 aliphatic heterocycles. The van der Waals surface area contributed by atoms with Gasteiger partial charge in [-0.1, -0.05) is 29.8 Å². The van der Waals surface area contributed by atoms with Crippen LogP contribution in [0.4, 0.5) is 13.2 Å². The van der Waals surface area contributed by atoms with Crippen LogP contribution >= 0.6 is 0 Å². The smallest absolute Gasteiger partial charge is 0.458 e. The van der Waals surface area contributed by atoms with Crippen molar-refractivity contribution in [3.63, 3.8) is 0 Å². The van der Waals surface area contributed by atoms with Crippen molar-refractivity contribution in [2.24, 2.45) is 0 Å². The minimum atomic E-state index is -5.16. The summed E-state index contributed by atoms with van der Waals surface area (Å²) in [5, 5.41) is 11.3. The van der Waals surface area contributed by atoms with E-state index in [0.29, 0.717) is 5.56 Å². The lowest BCUT2D eigenvalue weighted by Gasteiger charge is -2.29. The molecule has 0 saturated heterocycles. The molecule has 0 fully saturated rings. The molecule has 0 aliphatic rings. The van der Waals surface area contributed by atoms with Gasteiger partial charge < -0.3 is 15.2 Å². The summed E-state index contributed by atoms with van der Waals surface area (Å²) < 4.78 is 42.9. The zero-order valence-corrected chi connectivity index (χ0v) is 14.5. The lowest BCUT2D eigenvalue weighted by Crippen LogP contribution is -2.52. The number of rotatable bonds is 5. The van der Waals surface area contributed by atoms with E-state index in [-0.39, 0.29) is 0 Å². The number of amides is 1. The van der Waals surface area contributed by atoms with Crippen molar-refractivity contribution >= 4 is 11.9 Å². The van der Waals surface area contributed by atoms with Gasteiger partial charge in [-0.05, 0) is 33.3 Å². The van der Waals surface area contributed by atoms with E-state index >= 15 is 0 Å². The Hall–Kier alpha value is -2.09. The van der Waals surface area contributed by atoms with Crippen LogP contribution in [0.15, 0.2) is 24.3 Å². The number of hydrogen-bond donors (Lipinski definition) is 2. The van der Waals surface area contributed by atoms with Crippen LogP contribution in [0.3, 0.4) is 0 Å². The van der Waals surface area contributed by atoms with Crippen LogP contribution < -0.4 is 5.32 Å². The monoisotopic (exact) mass is 361 g/mol. The van der Waals surface area contributed by atoms with Crippen molar-refractivity contribution in [3.8, 4) is 0 Å². The van der Waals surface area contributed by atoms with Crippen molar-refractivity contribution in [3.05, 3.63) is 35.4 Å². The van der Waals surface area contributed by atoms with E-state index in [0.717, 1.165) is 5.56 Å². The number of ether oxygens (including phenoxy) is 1. The molecule has 8 heteroatoms. The maximum Gasteiger partial charge on any atom is 0.471 e. The van der Waals surface area contributed by atoms with Crippen LogP contribution in [0.5, 0.6) is 0 Å². The number of aliphatic hydroxyl groups excluding tert-OH is 1. The quantitative estimate of drug-likeness (QED) is 0.790. The Bertz CT molecular complexity index is 606. The van der Waals surface area contributed by atoms with Crippen LogP contribution in [-0.4, -0.2) is 41.4 Å². The average Bonchev–Trinajstić information content (AvgIpc) is 2.45. The first-order valence-electron chi connectivity index (χ1n) is 7.63. The molecule has 0 unspecified atom stereocenters. The van der Waals surface area contributed by atoms with Gasteiger partial charge in [0, 0.05) is 5.92 Å². The molecule has 1 aromatic carbocycles. The van der Waals surface area contributed by atoms with Crippen molar-refractivity contribution in [1.82, 2.24) is 5.32 Å². The van der Waals surface area contributed by atoms with Crippen LogP contribution in [0, 0.1) is 6.92 Å². The lowest BCUT2D eigenvalue weighted by atomic mass is 9.91. The summed E-state index contributed by atoms with van der Waals surface area (Å²) in [6, 6.07) is 4.85. The van der Waals surface area contributed by atoms with Crippen molar-refractivity contribution < 1.29 is 32.6 Å². The van der Waals surface area contributed by atoms with Crippen LogP contribution in [0.2, 0.25) is 0 Å². The zero-order chi connectivity index (χ0) is 19.4. The molecule has 25 heavy (non-hydrogen) atoms. The molecule has 2 atom stereocenters. The second-order valence-electron chi connectivity index (χ2n) is 6.68. The fraction of sp³-hybridized carbons (Fsp3) is 0.529. The minimum Gasteiger partial charge on any atom is -0.458 e. The Kier molecular flexibility index (Phi) is 6.59. The first kappa shape index (κ1) is 21.0. The average molecular weight is 361 g/mol. The number of alkyl halides is 3. The first-order valence-corrected chi connectivity index (χ1v) is 7.63. The van der Waals surface area contributed by atoms with Gasteiger partial charge in [-0.15, -0.1) is 0 Å². The number of halogens is 3. The number of carbonyl (C=O) groups is 2. The fourth-order valence-corrected chi connectivity index (χ4v) is 2.13. The molecular weight excluding hydrogens is 339 g/mol. The second kappa shape index (κ2) is 7.86. The summed E-state index contributed by atoms with van der Waals surface area (Å²) in [6.07, 6.45) is -5.16. The number of aliphatic hydroxyl groups is 1. The highest BCUT2D eigenvalue weighted by molar-refractivity contribution is 5.88. The summed E-state index contributed by atoms with van der Waals surface area (Å²) in [5.74, 6) is -4.40. The molecule has 0 radical (unpaired) electrons. The van der Waals surface area contributed by atoms with Crippen LogP contribution in [0.25, 0.3) is 0 Å². The molecule has 1 rings (SSSR count). The number of carbonyl (C=O) groups excluding carboxylic acids is 2. The molecule has 0 bridgehead atoms. The summed E-state index contributed by atoms with van der Waals surface area (Å²) >= 11 is 0. The molecule has 0 heterocycles. The second-order valence-corrected chi connectivity index (χ2v) is 6.68. The molecule has 0 aromatic heterocycles. The van der Waals surface area contributed by atoms with Gasteiger partial charge in [-0.2, -0.15) is 13.2 Å². The predicted octanol–water partition coefficient (Wildman–Crippen LogP) is 2.46. The Balaban J connectivity index is 3.20. The Morgan fingerprint density at radius 2 is 1.68 bits per heavy atom. The van der Waals surface area contributed by atoms with Crippen molar-refractivity contribution in [1.29, 1.82) is 0 Å². The topological polar surface area (TPSA) is 75.6 Å². The predicted molar refractivity (Wildman–Crippen MR) is 84.8 cm³/mol. The zero-order valence-electron chi connectivity index (χ0n) is 14.5. The summed E-state index contributed by atoms with van der Waals surface area (Å²) in [7, 11) is 0. The van der Waals surface area contributed by atoms with Gasteiger partial charge in [0.2, 0.25) is 0 Å². The first-order chi connectivity index (χ1) is 11.3. The minimum absolute atomic E-state index is 0.409. The maximum atomic E-state index is 12.6. The molecular formula is C17H22F3NO4. The van der Waals surface area contributed by atoms with E-state index in [4.69, 9.17) is 4.74 Å². The molecule has 1 aromatic rings. The molecule has 2 N–H and O–H groups in total. The van der Waals surface area contributed by atoms with E-state index in [1.807, 2.05) is 6.92 Å². The molecule has 140 valence electrons. The third-order valence-electron chi connectivity index (χ3n) is 3.31. The standard InChI is InChI=1S/C17H22F3NO4/c1-10-5-7-11(8-6-10)12(9-22)13(14(23)25-16(2,3)4)21-15(24)17(18,19)20/h5-8,12-13,22H,9H2,1-4H3,(H,21,24)/t12-,13+/m1/s1.